The van der Waals surface area contributed by atoms with E-state index in [-0.39, 0.29) is 0 Å². The van der Waals surface area contributed by atoms with Crippen LogP contribution in [0.3, 0.4) is 0 Å². The Kier molecular flexibility index (Phi) is 4.40. The van der Waals surface area contributed by atoms with Gasteiger partial charge in [-0.2, -0.15) is 0 Å². The smallest absolute Gasteiger partial charge is 0.126 e. The van der Waals surface area contributed by atoms with Crippen molar-refractivity contribution in [2.45, 2.75) is 26.8 Å². The van der Waals surface area contributed by atoms with Gasteiger partial charge in [-0.3, -0.25) is 0 Å². The Morgan fingerprint density at radius 3 is 2.64 bits per heavy atom. The molecule has 1 heterocycles. The summed E-state index contributed by atoms with van der Waals surface area (Å²) in [7, 11) is 1.90. The fourth-order valence-corrected chi connectivity index (χ4v) is 1.33. The molecule has 78 valence electrons. The minimum absolute atomic E-state index is 0.917. The van der Waals surface area contributed by atoms with Gasteiger partial charge in [0.25, 0.3) is 0 Å². The first-order valence-electron chi connectivity index (χ1n) is 5.18. The number of anilines is 1. The molecule has 0 aliphatic rings. The molecule has 3 nitrogen and oxygen atoms in total. The van der Waals surface area contributed by atoms with Gasteiger partial charge in [-0.05, 0) is 30.7 Å². The third kappa shape index (κ3) is 3.00. The number of aryl methyl sites for hydroxylation is 1. The van der Waals surface area contributed by atoms with Gasteiger partial charge < -0.3 is 10.6 Å². The maximum absolute atomic E-state index is 4.44. The molecule has 0 fully saturated rings. The molecule has 0 unspecified atom stereocenters. The van der Waals surface area contributed by atoms with Crippen molar-refractivity contribution in [2.75, 3.05) is 18.9 Å². The molecule has 14 heavy (non-hydrogen) atoms. The molecular formula is C11H19N3. The van der Waals surface area contributed by atoms with Gasteiger partial charge in [-0.25, -0.2) is 4.98 Å². The van der Waals surface area contributed by atoms with Gasteiger partial charge in [-0.1, -0.05) is 13.8 Å². The third-order valence-electron chi connectivity index (χ3n) is 2.14. The molecular weight excluding hydrogens is 174 g/mol. The summed E-state index contributed by atoms with van der Waals surface area (Å²) in [6, 6.07) is 4.24. The average molecular weight is 193 g/mol. The lowest BCUT2D eigenvalue weighted by molar-refractivity contribution is 0.724. The van der Waals surface area contributed by atoms with Crippen LogP contribution in [0, 0.1) is 0 Å². The third-order valence-corrected chi connectivity index (χ3v) is 2.14. The van der Waals surface area contributed by atoms with Gasteiger partial charge in [-0.15, -0.1) is 0 Å². The monoisotopic (exact) mass is 193 g/mol. The Bertz CT molecular complexity index is 262. The van der Waals surface area contributed by atoms with Crippen LogP contribution in [0.15, 0.2) is 12.1 Å². The number of rotatable bonds is 5. The van der Waals surface area contributed by atoms with Crippen LogP contribution in [0.5, 0.6) is 0 Å². The van der Waals surface area contributed by atoms with Gasteiger partial charge in [0.15, 0.2) is 0 Å². The summed E-state index contributed by atoms with van der Waals surface area (Å²) in [5.41, 5.74) is 2.44. The molecule has 0 aliphatic carbocycles. The summed E-state index contributed by atoms with van der Waals surface area (Å²) >= 11 is 0. The van der Waals surface area contributed by atoms with E-state index >= 15 is 0 Å². The first kappa shape index (κ1) is 11.0. The number of nitrogens with zero attached hydrogens (tertiary/aromatic N) is 1. The lowest BCUT2D eigenvalue weighted by Crippen LogP contribution is -2.12. The Hall–Kier alpha value is -1.09. The molecule has 0 amide bonds. The highest BCUT2D eigenvalue weighted by Crippen LogP contribution is 2.10. The molecule has 2 N–H and O–H groups in total. The molecule has 0 atom stereocenters. The summed E-state index contributed by atoms with van der Waals surface area (Å²) in [6.45, 7) is 6.15. The lowest BCUT2D eigenvalue weighted by atomic mass is 10.2. The molecule has 0 saturated heterocycles. The molecule has 0 aromatic carbocycles. The molecule has 0 aliphatic heterocycles. The highest BCUT2D eigenvalue weighted by molar-refractivity contribution is 5.39. The number of aromatic nitrogens is 1. The van der Waals surface area contributed by atoms with Crippen LogP contribution in [0.4, 0.5) is 5.82 Å². The van der Waals surface area contributed by atoms with Crippen LogP contribution in [-0.2, 0) is 13.0 Å². The van der Waals surface area contributed by atoms with Crippen LogP contribution in [0.2, 0.25) is 0 Å². The topological polar surface area (TPSA) is 37.0 Å². The predicted molar refractivity (Wildman–Crippen MR) is 60.5 cm³/mol. The Morgan fingerprint density at radius 1 is 1.29 bits per heavy atom. The first-order chi connectivity index (χ1) is 6.80. The summed E-state index contributed by atoms with van der Waals surface area (Å²) < 4.78 is 0. The molecule has 0 saturated carbocycles. The fourth-order valence-electron chi connectivity index (χ4n) is 1.33. The number of nitrogens with one attached hydrogen (secondary N) is 2. The van der Waals surface area contributed by atoms with Gasteiger partial charge >= 0.3 is 0 Å². The SMILES string of the molecule is CCNCc1cc(CC)nc(NC)c1. The zero-order valence-corrected chi connectivity index (χ0v) is 9.22. The maximum atomic E-state index is 4.44. The van der Waals surface area contributed by atoms with E-state index in [4.69, 9.17) is 0 Å². The minimum Gasteiger partial charge on any atom is -0.373 e. The minimum atomic E-state index is 0.917. The second kappa shape index (κ2) is 5.60. The highest BCUT2D eigenvalue weighted by atomic mass is 15.0. The van der Waals surface area contributed by atoms with Crippen LogP contribution < -0.4 is 10.6 Å². The average Bonchev–Trinajstić information content (AvgIpc) is 2.25. The van der Waals surface area contributed by atoms with E-state index in [0.29, 0.717) is 0 Å². The van der Waals surface area contributed by atoms with Crippen LogP contribution in [0.1, 0.15) is 25.1 Å². The van der Waals surface area contributed by atoms with E-state index in [9.17, 15) is 0 Å². The van der Waals surface area contributed by atoms with Gasteiger partial charge in [0.05, 0.1) is 0 Å². The summed E-state index contributed by atoms with van der Waals surface area (Å²) in [4.78, 5) is 4.44. The number of pyridine rings is 1. The fraction of sp³-hybridized carbons (Fsp3) is 0.545. The van der Waals surface area contributed by atoms with E-state index in [2.05, 4.69) is 41.6 Å². The standard InChI is InChI=1S/C11H19N3/c1-4-10-6-9(8-13-5-2)7-11(12-3)14-10/h6-7,13H,4-5,8H2,1-3H3,(H,12,14). The quantitative estimate of drug-likeness (QED) is 0.748. The van der Waals surface area contributed by atoms with Crippen LogP contribution >= 0.6 is 0 Å². The van der Waals surface area contributed by atoms with Crippen molar-refractivity contribution in [2.24, 2.45) is 0 Å². The van der Waals surface area contributed by atoms with Crippen molar-refractivity contribution in [1.29, 1.82) is 0 Å². The molecule has 1 rings (SSSR count). The summed E-state index contributed by atoms with van der Waals surface area (Å²) in [5, 5.41) is 6.39. The summed E-state index contributed by atoms with van der Waals surface area (Å²) in [6.07, 6.45) is 0.981. The van der Waals surface area contributed by atoms with E-state index in [0.717, 1.165) is 31.0 Å². The predicted octanol–water partition coefficient (Wildman–Crippen LogP) is 1.80. The van der Waals surface area contributed by atoms with E-state index in [1.165, 1.54) is 5.56 Å². The second-order valence-electron chi connectivity index (χ2n) is 3.24. The zero-order chi connectivity index (χ0) is 10.4. The van der Waals surface area contributed by atoms with Crippen LogP contribution in [-0.4, -0.2) is 18.6 Å². The molecule has 3 heteroatoms. The van der Waals surface area contributed by atoms with Gasteiger partial charge in [0.2, 0.25) is 0 Å². The van der Waals surface area contributed by atoms with Crippen molar-refractivity contribution in [3.05, 3.63) is 23.4 Å². The van der Waals surface area contributed by atoms with Crippen molar-refractivity contribution in [3.8, 4) is 0 Å². The van der Waals surface area contributed by atoms with Crippen molar-refractivity contribution >= 4 is 5.82 Å². The van der Waals surface area contributed by atoms with Gasteiger partial charge in [0, 0.05) is 19.3 Å². The summed E-state index contributed by atoms with van der Waals surface area (Å²) in [5.74, 6) is 0.956. The Balaban J connectivity index is 2.81. The molecule has 1 aromatic rings. The zero-order valence-electron chi connectivity index (χ0n) is 9.22. The molecule has 0 radical (unpaired) electrons. The molecule has 0 bridgehead atoms. The van der Waals surface area contributed by atoms with E-state index < -0.39 is 0 Å². The highest BCUT2D eigenvalue weighted by Gasteiger charge is 1.99. The Labute approximate surface area is 85.9 Å². The van der Waals surface area contributed by atoms with Gasteiger partial charge in [0.1, 0.15) is 5.82 Å². The van der Waals surface area contributed by atoms with Crippen molar-refractivity contribution in [1.82, 2.24) is 10.3 Å². The molecule has 0 spiro atoms. The molecule has 1 aromatic heterocycles. The van der Waals surface area contributed by atoms with Crippen molar-refractivity contribution < 1.29 is 0 Å². The lowest BCUT2D eigenvalue weighted by Gasteiger charge is -2.07. The maximum Gasteiger partial charge on any atom is 0.126 e. The number of hydrogen-bond acceptors (Lipinski definition) is 3. The van der Waals surface area contributed by atoms with E-state index in [1.54, 1.807) is 0 Å². The van der Waals surface area contributed by atoms with E-state index in [1.807, 2.05) is 7.05 Å². The second-order valence-corrected chi connectivity index (χ2v) is 3.24. The van der Waals surface area contributed by atoms with Crippen molar-refractivity contribution in [3.63, 3.8) is 0 Å². The Morgan fingerprint density at radius 2 is 2.07 bits per heavy atom. The largest absolute Gasteiger partial charge is 0.373 e. The first-order valence-corrected chi connectivity index (χ1v) is 5.18. The normalized spacial score (nSPS) is 10.2. The van der Waals surface area contributed by atoms with Crippen LogP contribution in [0.25, 0.3) is 0 Å². The number of hydrogen-bond donors (Lipinski definition) is 2.